The molecule has 1 unspecified atom stereocenters. The smallest absolute Gasteiger partial charge is 0.221 e. The van der Waals surface area contributed by atoms with Crippen molar-refractivity contribution in [3.63, 3.8) is 0 Å². The van der Waals surface area contributed by atoms with Gasteiger partial charge in [-0.15, -0.1) is 11.8 Å². The number of hydrogen-bond acceptors (Lipinski definition) is 3. The van der Waals surface area contributed by atoms with Gasteiger partial charge in [0.1, 0.15) is 5.82 Å². The molecule has 1 aromatic carbocycles. The van der Waals surface area contributed by atoms with Crippen LogP contribution in [0, 0.1) is 5.82 Å². The molecule has 1 saturated heterocycles. The number of thioether (sulfide) groups is 1. The van der Waals surface area contributed by atoms with E-state index in [0.717, 1.165) is 36.6 Å². The molecule has 0 aliphatic carbocycles. The van der Waals surface area contributed by atoms with Crippen LogP contribution < -0.4 is 10.6 Å². The fourth-order valence-electron chi connectivity index (χ4n) is 2.07. The van der Waals surface area contributed by atoms with Crippen LogP contribution >= 0.6 is 11.8 Å². The number of carbonyl (C=O) groups is 1. The fourth-order valence-corrected chi connectivity index (χ4v) is 2.92. The molecule has 3 nitrogen and oxygen atoms in total. The lowest BCUT2D eigenvalue weighted by atomic mass is 10.1. The first-order valence-corrected chi connectivity index (χ1v) is 7.61. The van der Waals surface area contributed by atoms with Gasteiger partial charge in [-0.1, -0.05) is 0 Å². The van der Waals surface area contributed by atoms with Crippen molar-refractivity contribution in [3.05, 3.63) is 30.1 Å². The largest absolute Gasteiger partial charge is 0.352 e. The van der Waals surface area contributed by atoms with Crippen LogP contribution in [0.2, 0.25) is 0 Å². The highest BCUT2D eigenvalue weighted by Gasteiger charge is 2.14. The number of hydrogen-bond donors (Lipinski definition) is 2. The first-order valence-electron chi connectivity index (χ1n) is 6.62. The summed E-state index contributed by atoms with van der Waals surface area (Å²) in [7, 11) is 0. The summed E-state index contributed by atoms with van der Waals surface area (Å²) in [4.78, 5) is 12.7. The van der Waals surface area contributed by atoms with Crippen LogP contribution in [0.15, 0.2) is 29.2 Å². The van der Waals surface area contributed by atoms with Crippen molar-refractivity contribution in [3.8, 4) is 0 Å². The van der Waals surface area contributed by atoms with Crippen molar-refractivity contribution in [2.75, 3.05) is 18.8 Å². The Kier molecular flexibility index (Phi) is 5.66. The van der Waals surface area contributed by atoms with Crippen LogP contribution in [0.1, 0.15) is 19.3 Å². The predicted molar refractivity (Wildman–Crippen MR) is 75.8 cm³/mol. The highest BCUT2D eigenvalue weighted by Crippen LogP contribution is 2.18. The minimum Gasteiger partial charge on any atom is -0.352 e. The number of nitrogens with one attached hydrogen (secondary N) is 2. The molecule has 0 aromatic heterocycles. The molecular formula is C14H19FN2OS. The molecule has 0 saturated carbocycles. The van der Waals surface area contributed by atoms with Gasteiger partial charge in [-0.3, -0.25) is 4.79 Å². The van der Waals surface area contributed by atoms with Crippen molar-refractivity contribution in [2.24, 2.45) is 0 Å². The van der Waals surface area contributed by atoms with E-state index in [4.69, 9.17) is 0 Å². The predicted octanol–water partition coefficient (Wildman–Crippen LogP) is 2.18. The molecule has 0 spiro atoms. The number of rotatable bonds is 5. The molecular weight excluding hydrogens is 263 g/mol. The zero-order valence-corrected chi connectivity index (χ0v) is 11.6. The van der Waals surface area contributed by atoms with Crippen molar-refractivity contribution in [1.82, 2.24) is 10.6 Å². The quantitative estimate of drug-likeness (QED) is 0.813. The van der Waals surface area contributed by atoms with Gasteiger partial charge in [-0.25, -0.2) is 4.39 Å². The second-order valence-corrected chi connectivity index (χ2v) is 5.83. The molecule has 1 fully saturated rings. The Labute approximate surface area is 117 Å². The first-order chi connectivity index (χ1) is 9.24. The van der Waals surface area contributed by atoms with Crippen molar-refractivity contribution >= 4 is 17.7 Å². The van der Waals surface area contributed by atoms with Crippen LogP contribution in [0.3, 0.4) is 0 Å². The van der Waals surface area contributed by atoms with Gasteiger partial charge >= 0.3 is 0 Å². The van der Waals surface area contributed by atoms with Crippen LogP contribution in [0.4, 0.5) is 4.39 Å². The Hall–Kier alpha value is -1.07. The maximum atomic E-state index is 12.7. The molecule has 104 valence electrons. The average molecular weight is 282 g/mol. The maximum absolute atomic E-state index is 12.7. The van der Waals surface area contributed by atoms with E-state index in [0.29, 0.717) is 6.42 Å². The van der Waals surface area contributed by atoms with E-state index >= 15 is 0 Å². The van der Waals surface area contributed by atoms with Crippen molar-refractivity contribution < 1.29 is 9.18 Å². The van der Waals surface area contributed by atoms with E-state index in [9.17, 15) is 9.18 Å². The van der Waals surface area contributed by atoms with E-state index in [-0.39, 0.29) is 17.8 Å². The van der Waals surface area contributed by atoms with E-state index in [2.05, 4.69) is 10.6 Å². The second-order valence-electron chi connectivity index (χ2n) is 4.66. The summed E-state index contributed by atoms with van der Waals surface area (Å²) in [5.74, 6) is 0.590. The number of benzene rings is 1. The van der Waals surface area contributed by atoms with Crippen LogP contribution in [0.25, 0.3) is 0 Å². The normalized spacial score (nSPS) is 19.1. The van der Waals surface area contributed by atoms with Gasteiger partial charge in [0.15, 0.2) is 0 Å². The summed E-state index contributed by atoms with van der Waals surface area (Å²) < 4.78 is 12.7. The molecule has 5 heteroatoms. The third kappa shape index (κ3) is 5.20. The molecule has 1 atom stereocenters. The lowest BCUT2D eigenvalue weighted by Gasteiger charge is -2.23. The van der Waals surface area contributed by atoms with Crippen LogP contribution in [0.5, 0.6) is 0 Å². The Morgan fingerprint density at radius 2 is 2.21 bits per heavy atom. The average Bonchev–Trinajstić information content (AvgIpc) is 2.42. The molecule has 1 heterocycles. The molecule has 2 rings (SSSR count). The highest BCUT2D eigenvalue weighted by atomic mass is 32.2. The summed E-state index contributed by atoms with van der Waals surface area (Å²) in [6.45, 7) is 1.92. The summed E-state index contributed by atoms with van der Waals surface area (Å²) in [6, 6.07) is 6.63. The van der Waals surface area contributed by atoms with Gasteiger partial charge in [0, 0.05) is 29.7 Å². The number of carbonyl (C=O) groups excluding carboxylic acids is 1. The molecule has 1 amide bonds. The van der Waals surface area contributed by atoms with Crippen molar-refractivity contribution in [2.45, 2.75) is 30.2 Å². The summed E-state index contributed by atoms with van der Waals surface area (Å²) in [5, 5.41) is 6.31. The van der Waals surface area contributed by atoms with Gasteiger partial charge in [0.05, 0.1) is 0 Å². The molecule has 0 bridgehead atoms. The Balaban J connectivity index is 1.64. The molecule has 19 heavy (non-hydrogen) atoms. The van der Waals surface area contributed by atoms with E-state index < -0.39 is 0 Å². The van der Waals surface area contributed by atoms with Gasteiger partial charge in [-0.05, 0) is 43.7 Å². The van der Waals surface area contributed by atoms with Gasteiger partial charge in [0.25, 0.3) is 0 Å². The van der Waals surface area contributed by atoms with Gasteiger partial charge < -0.3 is 10.6 Å². The summed E-state index contributed by atoms with van der Waals surface area (Å²) >= 11 is 1.58. The van der Waals surface area contributed by atoms with E-state index in [1.165, 1.54) is 12.1 Å². The third-order valence-electron chi connectivity index (χ3n) is 3.07. The third-order valence-corrected chi connectivity index (χ3v) is 4.09. The van der Waals surface area contributed by atoms with Gasteiger partial charge in [0.2, 0.25) is 5.91 Å². The lowest BCUT2D eigenvalue weighted by molar-refractivity contribution is -0.121. The zero-order chi connectivity index (χ0) is 13.5. The van der Waals surface area contributed by atoms with Crippen LogP contribution in [-0.4, -0.2) is 30.8 Å². The molecule has 1 aliphatic heterocycles. The number of piperidine rings is 1. The van der Waals surface area contributed by atoms with Gasteiger partial charge in [-0.2, -0.15) is 0 Å². The lowest BCUT2D eigenvalue weighted by Crippen LogP contribution is -2.45. The molecule has 0 radical (unpaired) electrons. The standard InChI is InChI=1S/C14H19FN2OS/c15-11-3-5-13(6-4-11)19-9-7-14(18)17-12-2-1-8-16-10-12/h3-6,12,16H,1-2,7-10H2,(H,17,18). The molecule has 1 aromatic rings. The Morgan fingerprint density at radius 1 is 1.42 bits per heavy atom. The van der Waals surface area contributed by atoms with Crippen molar-refractivity contribution in [1.29, 1.82) is 0 Å². The number of halogens is 1. The minimum atomic E-state index is -0.230. The fraction of sp³-hybridized carbons (Fsp3) is 0.500. The SMILES string of the molecule is O=C(CCSc1ccc(F)cc1)NC1CCCNC1. The van der Waals surface area contributed by atoms with Crippen LogP contribution in [-0.2, 0) is 4.79 Å². The second kappa shape index (κ2) is 7.50. The molecule has 1 aliphatic rings. The molecule has 2 N–H and O–H groups in total. The Morgan fingerprint density at radius 3 is 2.89 bits per heavy atom. The number of amides is 1. The maximum Gasteiger partial charge on any atom is 0.221 e. The summed E-state index contributed by atoms with van der Waals surface area (Å²) in [6.07, 6.45) is 2.68. The Bertz CT molecular complexity index is 404. The zero-order valence-electron chi connectivity index (χ0n) is 10.8. The first kappa shape index (κ1) is 14.3. The highest BCUT2D eigenvalue weighted by molar-refractivity contribution is 7.99. The monoisotopic (exact) mass is 282 g/mol. The van der Waals surface area contributed by atoms with E-state index in [1.807, 2.05) is 0 Å². The minimum absolute atomic E-state index is 0.100. The summed E-state index contributed by atoms with van der Waals surface area (Å²) in [5.41, 5.74) is 0. The van der Waals surface area contributed by atoms with E-state index in [1.54, 1.807) is 23.9 Å². The topological polar surface area (TPSA) is 41.1 Å².